The summed E-state index contributed by atoms with van der Waals surface area (Å²) in [5.41, 5.74) is 0.450. The van der Waals surface area contributed by atoms with Gasteiger partial charge in [-0.25, -0.2) is 4.79 Å². The van der Waals surface area contributed by atoms with E-state index < -0.39 is 0 Å². The molecule has 26 heavy (non-hydrogen) atoms. The fourth-order valence-corrected chi connectivity index (χ4v) is 3.97. The third kappa shape index (κ3) is 4.89. The number of benzene rings is 1. The molecule has 142 valence electrons. The molecule has 2 aliphatic rings. The highest BCUT2D eigenvalue weighted by atomic mass is 35.5. The van der Waals surface area contributed by atoms with Crippen molar-refractivity contribution in [1.29, 1.82) is 0 Å². The lowest BCUT2D eigenvalue weighted by atomic mass is 10.2. The molecule has 2 heterocycles. The highest BCUT2D eigenvalue weighted by Crippen LogP contribution is 2.20. The van der Waals surface area contributed by atoms with Gasteiger partial charge in [0.2, 0.25) is 0 Å². The number of hydrogen-bond acceptors (Lipinski definition) is 3. The number of nitrogens with zero attached hydrogens (tertiary/aromatic N) is 2. The second-order valence-electron chi connectivity index (χ2n) is 6.96. The molecule has 0 aliphatic carbocycles. The Morgan fingerprint density at radius 1 is 1.04 bits per heavy atom. The van der Waals surface area contributed by atoms with E-state index in [1.165, 1.54) is 12.8 Å². The molecule has 0 bridgehead atoms. The summed E-state index contributed by atoms with van der Waals surface area (Å²) in [7, 11) is 0. The van der Waals surface area contributed by atoms with Crippen molar-refractivity contribution in [1.82, 2.24) is 20.4 Å². The fraction of sp³-hybridized carbons (Fsp3) is 0.579. The summed E-state index contributed by atoms with van der Waals surface area (Å²) >= 11 is 6.01. The molecule has 0 saturated carbocycles. The van der Waals surface area contributed by atoms with Gasteiger partial charge in [0.25, 0.3) is 5.91 Å². The minimum atomic E-state index is -0.224. The van der Waals surface area contributed by atoms with Crippen LogP contribution >= 0.6 is 11.6 Å². The monoisotopic (exact) mass is 378 g/mol. The Hall–Kier alpha value is -1.79. The van der Waals surface area contributed by atoms with Crippen LogP contribution in [0.15, 0.2) is 24.3 Å². The maximum Gasteiger partial charge on any atom is 0.317 e. The van der Waals surface area contributed by atoms with Crippen molar-refractivity contribution in [3.05, 3.63) is 34.9 Å². The van der Waals surface area contributed by atoms with E-state index in [1.54, 1.807) is 24.3 Å². The number of halogens is 1. The van der Waals surface area contributed by atoms with Crippen LogP contribution in [0, 0.1) is 0 Å². The molecule has 3 rings (SSSR count). The van der Waals surface area contributed by atoms with Gasteiger partial charge in [0.15, 0.2) is 0 Å². The van der Waals surface area contributed by atoms with E-state index in [4.69, 9.17) is 11.6 Å². The van der Waals surface area contributed by atoms with E-state index in [-0.39, 0.29) is 11.9 Å². The van der Waals surface area contributed by atoms with Crippen molar-refractivity contribution in [2.24, 2.45) is 0 Å². The maximum absolute atomic E-state index is 12.5. The summed E-state index contributed by atoms with van der Waals surface area (Å²) in [6, 6.07) is 7.21. The zero-order chi connectivity index (χ0) is 18.4. The van der Waals surface area contributed by atoms with E-state index in [9.17, 15) is 9.59 Å². The Kier molecular flexibility index (Phi) is 6.74. The smallest absolute Gasteiger partial charge is 0.317 e. The minimum Gasteiger partial charge on any atom is -0.350 e. The molecule has 0 aromatic heterocycles. The zero-order valence-corrected chi connectivity index (χ0v) is 15.8. The molecule has 2 fully saturated rings. The number of urea groups is 1. The third-order valence-electron chi connectivity index (χ3n) is 5.11. The normalized spacial score (nSPS) is 20.3. The number of rotatable bonds is 6. The molecule has 2 aliphatic heterocycles. The topological polar surface area (TPSA) is 64.7 Å². The van der Waals surface area contributed by atoms with Gasteiger partial charge in [-0.1, -0.05) is 23.7 Å². The van der Waals surface area contributed by atoms with E-state index in [0.717, 1.165) is 39.0 Å². The third-order valence-corrected chi connectivity index (χ3v) is 5.44. The van der Waals surface area contributed by atoms with E-state index >= 15 is 0 Å². The molecule has 1 aromatic carbocycles. The Morgan fingerprint density at radius 2 is 1.77 bits per heavy atom. The first-order valence-corrected chi connectivity index (χ1v) is 9.82. The van der Waals surface area contributed by atoms with E-state index in [0.29, 0.717) is 29.7 Å². The second kappa shape index (κ2) is 9.24. The second-order valence-corrected chi connectivity index (χ2v) is 7.37. The molecule has 2 N–H and O–H groups in total. The quantitative estimate of drug-likeness (QED) is 0.747. The van der Waals surface area contributed by atoms with Crippen LogP contribution in [0.25, 0.3) is 0 Å². The lowest BCUT2D eigenvalue weighted by molar-refractivity contribution is 0.0953. The van der Waals surface area contributed by atoms with E-state index in [2.05, 4.69) is 15.5 Å². The van der Waals surface area contributed by atoms with Crippen LogP contribution in [0.5, 0.6) is 0 Å². The fourth-order valence-electron chi connectivity index (χ4n) is 3.74. The number of likely N-dealkylation sites (tertiary alicyclic amines) is 2. The van der Waals surface area contributed by atoms with Gasteiger partial charge in [-0.15, -0.1) is 0 Å². The van der Waals surface area contributed by atoms with Crippen molar-refractivity contribution in [3.8, 4) is 0 Å². The summed E-state index contributed by atoms with van der Waals surface area (Å²) in [6.45, 7) is 4.88. The summed E-state index contributed by atoms with van der Waals surface area (Å²) < 4.78 is 0. The van der Waals surface area contributed by atoms with Gasteiger partial charge in [-0.2, -0.15) is 0 Å². The first-order valence-electron chi connectivity index (χ1n) is 9.44. The molecule has 2 saturated heterocycles. The van der Waals surface area contributed by atoms with Gasteiger partial charge in [0.05, 0.1) is 10.6 Å². The van der Waals surface area contributed by atoms with Crippen LogP contribution in [-0.2, 0) is 0 Å². The van der Waals surface area contributed by atoms with Crippen LogP contribution in [0.3, 0.4) is 0 Å². The van der Waals surface area contributed by atoms with Crippen LogP contribution in [-0.4, -0.2) is 67.0 Å². The van der Waals surface area contributed by atoms with Crippen molar-refractivity contribution in [3.63, 3.8) is 0 Å². The first-order chi connectivity index (χ1) is 12.6. The predicted molar refractivity (Wildman–Crippen MR) is 103 cm³/mol. The highest BCUT2D eigenvalue weighted by Gasteiger charge is 2.30. The van der Waals surface area contributed by atoms with Crippen molar-refractivity contribution in [2.45, 2.75) is 31.7 Å². The molecule has 1 atom stereocenters. The summed E-state index contributed by atoms with van der Waals surface area (Å²) in [4.78, 5) is 29.0. The molecular formula is C19H27ClN4O2. The largest absolute Gasteiger partial charge is 0.350 e. The molecular weight excluding hydrogens is 352 g/mol. The number of amides is 3. The van der Waals surface area contributed by atoms with Crippen LogP contribution in [0.1, 0.15) is 36.0 Å². The lowest BCUT2D eigenvalue weighted by Crippen LogP contribution is -2.48. The Morgan fingerprint density at radius 3 is 2.54 bits per heavy atom. The molecule has 1 aromatic rings. The minimum absolute atomic E-state index is 0.0290. The van der Waals surface area contributed by atoms with Gasteiger partial charge >= 0.3 is 6.03 Å². The Bertz CT molecular complexity index is 634. The van der Waals surface area contributed by atoms with Crippen LogP contribution in [0.2, 0.25) is 5.02 Å². The standard InChI is InChI=1S/C19H27ClN4O2/c20-17-8-2-1-7-16(17)18(25)21-9-10-22-19(26)24-13-5-6-15(24)14-23-11-3-4-12-23/h1-2,7-8,15H,3-6,9-14H2,(H,21,25)(H,22,26). The Balaban J connectivity index is 1.39. The zero-order valence-electron chi connectivity index (χ0n) is 15.0. The molecule has 1 unspecified atom stereocenters. The van der Waals surface area contributed by atoms with E-state index in [1.807, 2.05) is 4.90 Å². The van der Waals surface area contributed by atoms with Crippen molar-refractivity contribution >= 4 is 23.5 Å². The first kappa shape index (κ1) is 19.0. The summed E-state index contributed by atoms with van der Waals surface area (Å²) in [6.07, 6.45) is 4.68. The van der Waals surface area contributed by atoms with Crippen molar-refractivity contribution < 1.29 is 9.59 Å². The number of carbonyl (C=O) groups is 2. The van der Waals surface area contributed by atoms with Gasteiger partial charge in [-0.05, 0) is 50.9 Å². The van der Waals surface area contributed by atoms with Gasteiger partial charge < -0.3 is 20.4 Å². The number of carbonyl (C=O) groups excluding carboxylic acids is 2. The van der Waals surface area contributed by atoms with Gasteiger partial charge in [0, 0.05) is 32.2 Å². The molecule has 7 heteroatoms. The average molecular weight is 379 g/mol. The molecule has 0 radical (unpaired) electrons. The number of hydrogen-bond donors (Lipinski definition) is 2. The predicted octanol–water partition coefficient (Wildman–Crippen LogP) is 2.34. The SMILES string of the molecule is O=C(NCCNC(=O)N1CCCC1CN1CCCC1)c1ccccc1Cl. The average Bonchev–Trinajstić information content (AvgIpc) is 3.31. The van der Waals surface area contributed by atoms with Crippen molar-refractivity contribution in [2.75, 3.05) is 39.3 Å². The van der Waals surface area contributed by atoms with Crippen LogP contribution < -0.4 is 10.6 Å². The number of nitrogens with one attached hydrogen (secondary N) is 2. The summed E-state index contributed by atoms with van der Waals surface area (Å²) in [5.74, 6) is -0.224. The Labute approximate surface area is 159 Å². The summed E-state index contributed by atoms with van der Waals surface area (Å²) in [5, 5.41) is 6.14. The molecule has 6 nitrogen and oxygen atoms in total. The van der Waals surface area contributed by atoms with Crippen LogP contribution in [0.4, 0.5) is 4.79 Å². The highest BCUT2D eigenvalue weighted by molar-refractivity contribution is 6.33. The van der Waals surface area contributed by atoms with Gasteiger partial charge in [0.1, 0.15) is 0 Å². The molecule has 3 amide bonds. The maximum atomic E-state index is 12.5. The lowest BCUT2D eigenvalue weighted by Gasteiger charge is -2.28. The molecule has 0 spiro atoms. The van der Waals surface area contributed by atoms with Gasteiger partial charge in [-0.3, -0.25) is 4.79 Å².